The fraction of sp³-hybridized carbons (Fsp3) is 0.0244. The molecule has 10 aromatic rings. The second-order valence-electron chi connectivity index (χ2n) is 11.0. The Balaban J connectivity index is 0.000000228. The quantitative estimate of drug-likeness (QED) is 0.163. The van der Waals surface area contributed by atoms with E-state index in [9.17, 15) is 0 Å². The van der Waals surface area contributed by atoms with Crippen LogP contribution in [0.25, 0.3) is 80.8 Å². The first kappa shape index (κ1) is 25.3. The number of rotatable bonds is 2. The largest absolute Gasteiger partial charge is 0.349 e. The Kier molecular flexibility index (Phi) is 6.30. The van der Waals surface area contributed by atoms with E-state index in [0.717, 1.165) is 27.7 Å². The van der Waals surface area contributed by atoms with Crippen molar-refractivity contribution in [1.29, 1.82) is 0 Å². The number of fused-ring (bicyclic) bond motifs is 10. The van der Waals surface area contributed by atoms with E-state index in [2.05, 4.69) is 93.2 Å². The first-order chi connectivity index (χ1) is 23.5. The molecule has 0 saturated carbocycles. The number of nitrogens with zero attached hydrogens (tertiary/aromatic N) is 3. The van der Waals surface area contributed by atoms with Crippen LogP contribution in [0.2, 0.25) is 0 Å². The summed E-state index contributed by atoms with van der Waals surface area (Å²) in [4.78, 5) is 8.67. The predicted molar refractivity (Wildman–Crippen MR) is 189 cm³/mol. The number of para-hydroxylation sites is 1. The minimum Gasteiger partial charge on any atom is -0.349 e. The molecule has 0 aliphatic rings. The zero-order valence-electron chi connectivity index (χ0n) is 27.3. The van der Waals surface area contributed by atoms with Crippen LogP contribution in [0.3, 0.4) is 0 Å². The molecule has 5 aromatic carbocycles. The van der Waals surface area contributed by atoms with Crippen molar-refractivity contribution in [2.45, 2.75) is 6.85 Å². The van der Waals surface area contributed by atoms with Crippen molar-refractivity contribution < 1.29 is 24.2 Å². The molecule has 0 amide bonds. The number of aromatic nitrogens is 3. The van der Waals surface area contributed by atoms with Gasteiger partial charge in [-0.15, -0.1) is 71.0 Å². The molecule has 0 N–H and O–H groups in total. The summed E-state index contributed by atoms with van der Waals surface area (Å²) < 4.78 is 27.8. The zero-order chi connectivity index (χ0) is 32.4. The summed E-state index contributed by atoms with van der Waals surface area (Å²) >= 11 is 1.84. The molecule has 46 heavy (non-hydrogen) atoms. The second-order valence-corrected chi connectivity index (χ2v) is 12.1. The van der Waals surface area contributed by atoms with Gasteiger partial charge in [0.2, 0.25) is 0 Å². The molecule has 0 atom stereocenters. The molecule has 10 rings (SSSR count). The standard InChI is InChI=1S/C30H17N2S.C11H8N.Ir/c1-17-9-12-24(31-16-17)18-10-13-25-23(15-18)20-7-4-6-19-21-11-14-27-28(30(21)32(25)29(19)20)22-5-2-3-8-26(22)33-27;1-2-6-10(7-3-1)11-8-4-5-9-12-11;/h2-9,11-16H,1H3;1-6,8-9H;/q2*-1;/i1D3;;. The molecule has 0 saturated heterocycles. The van der Waals surface area contributed by atoms with E-state index >= 15 is 0 Å². The molecular weight excluding hydrogens is 759 g/mol. The number of aryl methyl sites for hydroxylation is 1. The van der Waals surface area contributed by atoms with Gasteiger partial charge in [0.15, 0.2) is 0 Å². The molecule has 1 radical (unpaired) electrons. The van der Waals surface area contributed by atoms with Crippen molar-refractivity contribution in [2.24, 2.45) is 0 Å². The topological polar surface area (TPSA) is 30.2 Å². The summed E-state index contributed by atoms with van der Waals surface area (Å²) in [6.45, 7) is -2.16. The number of hydrogen-bond donors (Lipinski definition) is 0. The maximum atomic E-state index is 7.61. The van der Waals surface area contributed by atoms with Gasteiger partial charge in [-0.1, -0.05) is 72.1 Å². The van der Waals surface area contributed by atoms with Crippen molar-refractivity contribution in [3.05, 3.63) is 151 Å². The Labute approximate surface area is 287 Å². The van der Waals surface area contributed by atoms with Gasteiger partial charge in [-0.3, -0.25) is 0 Å². The summed E-state index contributed by atoms with van der Waals surface area (Å²) in [5.41, 5.74) is 7.40. The van der Waals surface area contributed by atoms with Gasteiger partial charge in [0, 0.05) is 67.6 Å². The molecular formula is C41H25IrN3S-2. The fourth-order valence-electron chi connectivity index (χ4n) is 6.48. The average molecular weight is 787 g/mol. The van der Waals surface area contributed by atoms with Crippen LogP contribution in [0.15, 0.2) is 134 Å². The summed E-state index contributed by atoms with van der Waals surface area (Å²) in [6.07, 6.45) is 3.23. The molecule has 0 aliphatic heterocycles. The maximum Gasteiger partial charge on any atom is 0.0547 e. The molecule has 5 heteroatoms. The van der Waals surface area contributed by atoms with Gasteiger partial charge in [-0.25, -0.2) is 0 Å². The van der Waals surface area contributed by atoms with Crippen LogP contribution >= 0.6 is 11.3 Å². The van der Waals surface area contributed by atoms with Gasteiger partial charge in [-0.2, -0.15) is 0 Å². The van der Waals surface area contributed by atoms with E-state index in [-0.39, 0.29) is 25.7 Å². The number of benzene rings is 5. The van der Waals surface area contributed by atoms with E-state index in [0.29, 0.717) is 5.69 Å². The molecule has 3 nitrogen and oxygen atoms in total. The van der Waals surface area contributed by atoms with Gasteiger partial charge in [0.25, 0.3) is 0 Å². The number of hydrogen-bond acceptors (Lipinski definition) is 3. The van der Waals surface area contributed by atoms with Crippen molar-refractivity contribution in [3.8, 4) is 22.5 Å². The van der Waals surface area contributed by atoms with Crippen LogP contribution in [0.1, 0.15) is 9.68 Å². The van der Waals surface area contributed by atoms with Crippen molar-refractivity contribution in [2.75, 3.05) is 0 Å². The normalized spacial score (nSPS) is 12.7. The fourth-order valence-corrected chi connectivity index (χ4v) is 7.59. The molecule has 5 heterocycles. The Morgan fingerprint density at radius 2 is 1.46 bits per heavy atom. The smallest absolute Gasteiger partial charge is 0.0547 e. The Hall–Kier alpha value is -4.93. The average Bonchev–Trinajstić information content (AvgIpc) is 3.79. The van der Waals surface area contributed by atoms with Gasteiger partial charge in [-0.05, 0) is 52.9 Å². The van der Waals surface area contributed by atoms with Crippen LogP contribution in [-0.4, -0.2) is 14.4 Å². The third kappa shape index (κ3) is 4.51. The van der Waals surface area contributed by atoms with E-state index in [1.807, 2.05) is 53.8 Å². The zero-order valence-corrected chi connectivity index (χ0v) is 27.5. The minimum atomic E-state index is -2.16. The Morgan fingerprint density at radius 3 is 2.26 bits per heavy atom. The van der Waals surface area contributed by atoms with E-state index in [1.54, 1.807) is 18.3 Å². The molecule has 0 spiro atoms. The Morgan fingerprint density at radius 1 is 0.652 bits per heavy atom. The van der Waals surface area contributed by atoms with E-state index in [4.69, 9.17) is 4.11 Å². The first-order valence-electron chi connectivity index (χ1n) is 16.2. The van der Waals surface area contributed by atoms with Crippen molar-refractivity contribution in [3.63, 3.8) is 0 Å². The maximum absolute atomic E-state index is 7.61. The monoisotopic (exact) mass is 787 g/mol. The second kappa shape index (κ2) is 11.5. The number of pyridine rings is 2. The molecule has 0 fully saturated rings. The molecule has 0 unspecified atom stereocenters. The third-order valence-electron chi connectivity index (χ3n) is 8.44. The van der Waals surface area contributed by atoms with Gasteiger partial charge in [0.05, 0.1) is 11.0 Å². The number of thiophene rings is 1. The van der Waals surface area contributed by atoms with Gasteiger partial charge < -0.3 is 14.4 Å². The summed E-state index contributed by atoms with van der Waals surface area (Å²) in [7, 11) is 0. The summed E-state index contributed by atoms with van der Waals surface area (Å²) in [6, 6.07) is 47.5. The van der Waals surface area contributed by atoms with Crippen LogP contribution in [0.4, 0.5) is 0 Å². The third-order valence-corrected chi connectivity index (χ3v) is 9.57. The van der Waals surface area contributed by atoms with Crippen LogP contribution in [-0.2, 0) is 20.1 Å². The first-order valence-corrected chi connectivity index (χ1v) is 15.6. The molecule has 0 bridgehead atoms. The van der Waals surface area contributed by atoms with Gasteiger partial charge in [0.1, 0.15) is 0 Å². The molecule has 5 aromatic heterocycles. The van der Waals surface area contributed by atoms with Crippen LogP contribution in [0, 0.1) is 19.0 Å². The predicted octanol–water partition coefficient (Wildman–Crippen LogP) is 10.9. The Bertz CT molecular complexity index is 2720. The van der Waals surface area contributed by atoms with Crippen LogP contribution in [0.5, 0.6) is 0 Å². The van der Waals surface area contributed by atoms with Crippen LogP contribution < -0.4 is 0 Å². The summed E-state index contributed by atoms with van der Waals surface area (Å²) in [5.74, 6) is 0. The minimum absolute atomic E-state index is 0. The van der Waals surface area contributed by atoms with E-state index < -0.39 is 6.85 Å². The molecule has 221 valence electrons. The van der Waals surface area contributed by atoms with E-state index in [1.165, 1.54) is 53.6 Å². The summed E-state index contributed by atoms with van der Waals surface area (Å²) in [5, 5.41) is 7.44. The van der Waals surface area contributed by atoms with Crippen molar-refractivity contribution >= 4 is 69.6 Å². The van der Waals surface area contributed by atoms with Crippen molar-refractivity contribution in [1.82, 2.24) is 14.4 Å². The van der Waals surface area contributed by atoms with Gasteiger partial charge >= 0.3 is 0 Å². The SMILES string of the molecule is [2H]C([2H])([2H])c1ccc(-c2[c-]cc3c(c2)c2cccc4c5ccc6sc7ccccc7c6c5n3c24)nc1.[Ir].[c-]1ccccc1-c1ccccn1. The molecule has 0 aliphatic carbocycles.